The first-order valence-corrected chi connectivity index (χ1v) is 8.65. The second-order valence-corrected chi connectivity index (χ2v) is 7.51. The van der Waals surface area contributed by atoms with Crippen molar-refractivity contribution in [1.82, 2.24) is 20.2 Å². The summed E-state index contributed by atoms with van der Waals surface area (Å²) in [6.45, 7) is 0. The van der Waals surface area contributed by atoms with E-state index < -0.39 is 26.2 Å². The molecular weight excluding hydrogens is 318 g/mol. The third kappa shape index (κ3) is 4.11. The standard InChI is InChI=1S/C10H15N5O4S2/c11-9-13-14-10(20-9)21(18,19)15-8(17)7(16)12-6-4-2-1-3-5-6/h6H,1-5H2,(H2,11,13)(H,12,16)(H,15,17). The fourth-order valence-corrected chi connectivity index (χ4v) is 3.77. The highest BCUT2D eigenvalue weighted by Crippen LogP contribution is 2.18. The van der Waals surface area contributed by atoms with Gasteiger partial charge in [0.15, 0.2) is 0 Å². The molecule has 0 bridgehead atoms. The van der Waals surface area contributed by atoms with Crippen molar-refractivity contribution in [2.24, 2.45) is 0 Å². The lowest BCUT2D eigenvalue weighted by Gasteiger charge is -2.22. The highest BCUT2D eigenvalue weighted by molar-refractivity contribution is 7.92. The number of nitrogens with zero attached hydrogens (tertiary/aromatic N) is 2. The molecule has 0 saturated heterocycles. The minimum Gasteiger partial charge on any atom is -0.374 e. The van der Waals surface area contributed by atoms with Crippen LogP contribution < -0.4 is 15.8 Å². The molecular formula is C10H15N5O4S2. The van der Waals surface area contributed by atoms with Crippen LogP contribution in [0.3, 0.4) is 0 Å². The van der Waals surface area contributed by atoms with Crippen LogP contribution in [0.25, 0.3) is 0 Å². The van der Waals surface area contributed by atoms with Gasteiger partial charge in [0.1, 0.15) is 0 Å². The van der Waals surface area contributed by atoms with Crippen LogP contribution in [0.5, 0.6) is 0 Å². The molecule has 0 aliphatic heterocycles. The summed E-state index contributed by atoms with van der Waals surface area (Å²) in [5.41, 5.74) is 5.28. The predicted octanol–water partition coefficient (Wildman–Crippen LogP) is -0.626. The molecule has 1 aliphatic carbocycles. The summed E-state index contributed by atoms with van der Waals surface area (Å²) in [6, 6.07) is -0.0862. The Morgan fingerprint density at radius 1 is 1.14 bits per heavy atom. The zero-order valence-corrected chi connectivity index (χ0v) is 12.7. The monoisotopic (exact) mass is 333 g/mol. The molecule has 1 fully saturated rings. The molecule has 0 aromatic carbocycles. The van der Waals surface area contributed by atoms with Crippen LogP contribution in [0.15, 0.2) is 4.34 Å². The smallest absolute Gasteiger partial charge is 0.323 e. The lowest BCUT2D eigenvalue weighted by atomic mass is 9.95. The Bertz CT molecular complexity index is 636. The molecule has 0 radical (unpaired) electrons. The van der Waals surface area contributed by atoms with E-state index in [1.807, 2.05) is 0 Å². The number of nitrogen functional groups attached to an aromatic ring is 1. The molecule has 2 amide bonds. The van der Waals surface area contributed by atoms with Crippen LogP contribution in [0.1, 0.15) is 32.1 Å². The number of hydrogen-bond donors (Lipinski definition) is 3. The minimum absolute atomic E-state index is 0.0468. The van der Waals surface area contributed by atoms with E-state index in [0.717, 1.165) is 32.1 Å². The van der Waals surface area contributed by atoms with Crippen LogP contribution in [0.2, 0.25) is 0 Å². The van der Waals surface area contributed by atoms with E-state index >= 15 is 0 Å². The second kappa shape index (κ2) is 6.35. The van der Waals surface area contributed by atoms with Gasteiger partial charge in [0.2, 0.25) is 5.13 Å². The van der Waals surface area contributed by atoms with Gasteiger partial charge in [0, 0.05) is 6.04 Å². The van der Waals surface area contributed by atoms with Gasteiger partial charge < -0.3 is 11.1 Å². The molecule has 11 heteroatoms. The quantitative estimate of drug-likeness (QED) is 0.625. The molecule has 0 unspecified atom stereocenters. The Balaban J connectivity index is 1.95. The van der Waals surface area contributed by atoms with E-state index in [0.29, 0.717) is 11.3 Å². The van der Waals surface area contributed by atoms with Gasteiger partial charge in [-0.1, -0.05) is 30.6 Å². The normalized spacial score (nSPS) is 16.4. The van der Waals surface area contributed by atoms with Crippen molar-refractivity contribution in [1.29, 1.82) is 0 Å². The lowest BCUT2D eigenvalue weighted by Crippen LogP contribution is -2.46. The van der Waals surface area contributed by atoms with Crippen molar-refractivity contribution >= 4 is 38.3 Å². The zero-order chi connectivity index (χ0) is 15.5. The molecule has 116 valence electrons. The first-order chi connectivity index (χ1) is 9.88. The summed E-state index contributed by atoms with van der Waals surface area (Å²) in [7, 11) is -4.22. The number of carbonyl (C=O) groups excluding carboxylic acids is 2. The van der Waals surface area contributed by atoms with Crippen molar-refractivity contribution in [3.05, 3.63) is 0 Å². The second-order valence-electron chi connectivity index (χ2n) is 4.65. The molecule has 0 atom stereocenters. The Kier molecular flexibility index (Phi) is 4.73. The molecule has 1 aromatic rings. The van der Waals surface area contributed by atoms with Crippen molar-refractivity contribution in [2.75, 3.05) is 5.73 Å². The van der Waals surface area contributed by atoms with Crippen LogP contribution in [-0.4, -0.2) is 36.5 Å². The number of anilines is 1. The summed E-state index contributed by atoms with van der Waals surface area (Å²) >= 11 is 0.605. The maximum Gasteiger partial charge on any atom is 0.323 e. The van der Waals surface area contributed by atoms with E-state index in [1.165, 1.54) is 0 Å². The molecule has 9 nitrogen and oxygen atoms in total. The van der Waals surface area contributed by atoms with Gasteiger partial charge in [0.25, 0.3) is 14.4 Å². The molecule has 21 heavy (non-hydrogen) atoms. The fourth-order valence-electron chi connectivity index (χ4n) is 2.04. The molecule has 1 aliphatic rings. The Morgan fingerprint density at radius 3 is 2.38 bits per heavy atom. The van der Waals surface area contributed by atoms with Gasteiger partial charge in [-0.3, -0.25) is 9.59 Å². The number of nitrogens with two attached hydrogens (primary N) is 1. The summed E-state index contributed by atoms with van der Waals surface area (Å²) in [4.78, 5) is 23.3. The van der Waals surface area contributed by atoms with E-state index in [1.54, 1.807) is 4.72 Å². The number of sulfonamides is 1. The van der Waals surface area contributed by atoms with Gasteiger partial charge in [-0.05, 0) is 12.8 Å². The first kappa shape index (κ1) is 15.6. The van der Waals surface area contributed by atoms with Gasteiger partial charge in [-0.25, -0.2) is 4.72 Å². The topological polar surface area (TPSA) is 144 Å². The third-order valence-electron chi connectivity index (χ3n) is 3.03. The fraction of sp³-hybridized carbons (Fsp3) is 0.600. The molecule has 1 heterocycles. The Labute approximate surface area is 125 Å². The van der Waals surface area contributed by atoms with Crippen LogP contribution in [-0.2, 0) is 19.6 Å². The van der Waals surface area contributed by atoms with Crippen LogP contribution in [0.4, 0.5) is 5.13 Å². The van der Waals surface area contributed by atoms with Crippen LogP contribution >= 0.6 is 11.3 Å². The molecule has 0 spiro atoms. The van der Waals surface area contributed by atoms with E-state index in [2.05, 4.69) is 15.5 Å². The van der Waals surface area contributed by atoms with Crippen molar-refractivity contribution in [3.63, 3.8) is 0 Å². The SMILES string of the molecule is Nc1nnc(S(=O)(=O)NC(=O)C(=O)NC2CCCCC2)s1. The number of hydrogen-bond acceptors (Lipinski definition) is 8. The van der Waals surface area contributed by atoms with Gasteiger partial charge >= 0.3 is 11.8 Å². The van der Waals surface area contributed by atoms with Crippen molar-refractivity contribution in [3.8, 4) is 0 Å². The van der Waals surface area contributed by atoms with Crippen LogP contribution in [0, 0.1) is 0 Å². The first-order valence-electron chi connectivity index (χ1n) is 6.35. The molecule has 4 N–H and O–H groups in total. The largest absolute Gasteiger partial charge is 0.374 e. The number of amides is 2. The lowest BCUT2D eigenvalue weighted by molar-refractivity contribution is -0.138. The Morgan fingerprint density at radius 2 is 1.81 bits per heavy atom. The van der Waals surface area contributed by atoms with E-state index in [-0.39, 0.29) is 11.2 Å². The number of carbonyl (C=O) groups is 2. The average Bonchev–Trinajstić information content (AvgIpc) is 2.87. The zero-order valence-electron chi connectivity index (χ0n) is 11.0. The number of nitrogens with one attached hydrogen (secondary N) is 2. The van der Waals surface area contributed by atoms with Gasteiger partial charge in [-0.2, -0.15) is 8.42 Å². The number of aromatic nitrogens is 2. The summed E-state index contributed by atoms with van der Waals surface area (Å²) in [5.74, 6) is -2.21. The van der Waals surface area contributed by atoms with Crippen molar-refractivity contribution in [2.45, 2.75) is 42.5 Å². The maximum absolute atomic E-state index is 11.8. The van der Waals surface area contributed by atoms with Gasteiger partial charge in [-0.15, -0.1) is 10.2 Å². The maximum atomic E-state index is 11.8. The number of rotatable bonds is 3. The third-order valence-corrected chi connectivity index (χ3v) is 5.48. The summed E-state index contributed by atoms with van der Waals surface area (Å²) in [6.07, 6.45) is 4.65. The highest BCUT2D eigenvalue weighted by Gasteiger charge is 2.27. The average molecular weight is 333 g/mol. The summed E-state index contributed by atoms with van der Waals surface area (Å²) in [5, 5.41) is 9.15. The van der Waals surface area contributed by atoms with Crippen molar-refractivity contribution < 1.29 is 18.0 Å². The minimum atomic E-state index is -4.22. The summed E-state index contributed by atoms with van der Waals surface area (Å²) < 4.78 is 24.8. The molecule has 2 rings (SSSR count). The predicted molar refractivity (Wildman–Crippen MR) is 74.7 cm³/mol. The van der Waals surface area contributed by atoms with E-state index in [9.17, 15) is 18.0 Å². The van der Waals surface area contributed by atoms with E-state index in [4.69, 9.17) is 5.73 Å². The molecule has 1 saturated carbocycles. The Hall–Kier alpha value is -1.75. The highest BCUT2D eigenvalue weighted by atomic mass is 32.2. The molecule has 1 aromatic heterocycles. The van der Waals surface area contributed by atoms with Gasteiger partial charge in [0.05, 0.1) is 0 Å².